The number of rotatable bonds is 10. The maximum atomic E-state index is 13.0. The van der Waals surface area contributed by atoms with E-state index in [1.54, 1.807) is 19.2 Å². The minimum Gasteiger partial charge on any atom is -0.348 e. The fourth-order valence-corrected chi connectivity index (χ4v) is 4.27. The van der Waals surface area contributed by atoms with E-state index in [-0.39, 0.29) is 12.3 Å². The van der Waals surface area contributed by atoms with Crippen molar-refractivity contribution in [3.63, 3.8) is 0 Å². The van der Waals surface area contributed by atoms with Crippen LogP contribution in [0.25, 0.3) is 16.8 Å². The molecule has 0 radical (unpaired) electrons. The molecule has 0 saturated carbocycles. The first-order chi connectivity index (χ1) is 18.0. The number of hydrogen-bond acceptors (Lipinski definition) is 5. The second-order valence-electron chi connectivity index (χ2n) is 8.42. The quantitative estimate of drug-likeness (QED) is 0.178. The first kappa shape index (κ1) is 26.2. The predicted molar refractivity (Wildman–Crippen MR) is 145 cm³/mol. The van der Waals surface area contributed by atoms with Crippen LogP contribution in [0.1, 0.15) is 48.3 Å². The highest BCUT2D eigenvalue weighted by Gasteiger charge is 2.17. The van der Waals surface area contributed by atoms with Gasteiger partial charge in [-0.05, 0) is 63.3 Å². The van der Waals surface area contributed by atoms with Crippen LogP contribution in [0.5, 0.6) is 5.75 Å². The van der Waals surface area contributed by atoms with Gasteiger partial charge in [0.1, 0.15) is 0 Å². The van der Waals surface area contributed by atoms with Crippen LogP contribution in [0.2, 0.25) is 0 Å². The molecule has 0 bridgehead atoms. The van der Waals surface area contributed by atoms with E-state index in [4.69, 9.17) is 9.78 Å². The number of amides is 1. The Hall–Kier alpha value is -3.91. The van der Waals surface area contributed by atoms with Gasteiger partial charge in [-0.15, -0.1) is 0 Å². The molecule has 0 aliphatic heterocycles. The van der Waals surface area contributed by atoms with Crippen molar-refractivity contribution in [1.29, 1.82) is 0 Å². The molecule has 4 aromatic rings. The molecule has 3 aromatic carbocycles. The molecule has 4 rings (SSSR count). The summed E-state index contributed by atoms with van der Waals surface area (Å²) in [5.74, 6) is -0.161. The standard InChI is InChI=1S/C29H28BrN3O4/c1-3-8-26-24(19-32-33(26)23-9-6-5-7-10-23)29(35)31-18-20-11-13-21(14-12-20)22-15-16-27(25(30)17-22)36-37-28(34)4-2/h5-7,9-17,19H,3-4,8,18H2,1-2H3,(H,31,35). The smallest absolute Gasteiger partial charge is 0.348 e. The van der Waals surface area contributed by atoms with Crippen LogP contribution in [-0.2, 0) is 22.6 Å². The third-order valence-corrected chi connectivity index (χ3v) is 6.41. The molecule has 0 spiro atoms. The van der Waals surface area contributed by atoms with Gasteiger partial charge in [-0.1, -0.05) is 68.8 Å². The summed E-state index contributed by atoms with van der Waals surface area (Å²) in [6, 6.07) is 23.3. The van der Waals surface area contributed by atoms with E-state index in [1.807, 2.05) is 71.4 Å². The van der Waals surface area contributed by atoms with Gasteiger partial charge in [0.05, 0.1) is 27.6 Å². The van der Waals surface area contributed by atoms with Gasteiger partial charge in [0, 0.05) is 13.0 Å². The molecule has 1 amide bonds. The largest absolute Gasteiger partial charge is 0.355 e. The van der Waals surface area contributed by atoms with E-state index in [1.165, 1.54) is 0 Å². The lowest BCUT2D eigenvalue weighted by Crippen LogP contribution is -2.23. The lowest BCUT2D eigenvalue weighted by atomic mass is 10.0. The van der Waals surface area contributed by atoms with Crippen molar-refractivity contribution in [3.05, 3.63) is 100 Å². The lowest BCUT2D eigenvalue weighted by Gasteiger charge is -2.10. The molecule has 7 nitrogen and oxygen atoms in total. The Labute approximate surface area is 224 Å². The molecule has 0 unspecified atom stereocenters. The van der Waals surface area contributed by atoms with Gasteiger partial charge in [0.2, 0.25) is 0 Å². The lowest BCUT2D eigenvalue weighted by molar-refractivity contribution is -0.213. The number of para-hydroxylation sites is 1. The Balaban J connectivity index is 1.41. The molecule has 0 atom stereocenters. The van der Waals surface area contributed by atoms with Crippen LogP contribution < -0.4 is 10.2 Å². The summed E-state index contributed by atoms with van der Waals surface area (Å²) in [4.78, 5) is 34.2. The molecule has 0 fully saturated rings. The summed E-state index contributed by atoms with van der Waals surface area (Å²) in [5.41, 5.74) is 5.39. The van der Waals surface area contributed by atoms with Crippen molar-refractivity contribution in [1.82, 2.24) is 15.1 Å². The van der Waals surface area contributed by atoms with E-state index >= 15 is 0 Å². The first-order valence-corrected chi connectivity index (χ1v) is 13.0. The average molecular weight is 562 g/mol. The van der Waals surface area contributed by atoms with Crippen molar-refractivity contribution >= 4 is 27.8 Å². The summed E-state index contributed by atoms with van der Waals surface area (Å²) in [7, 11) is 0. The van der Waals surface area contributed by atoms with E-state index in [0.29, 0.717) is 22.3 Å². The van der Waals surface area contributed by atoms with Crippen LogP contribution in [0.4, 0.5) is 0 Å². The molecule has 37 heavy (non-hydrogen) atoms. The summed E-state index contributed by atoms with van der Waals surface area (Å²) >= 11 is 3.46. The van der Waals surface area contributed by atoms with E-state index < -0.39 is 5.97 Å². The molecule has 1 heterocycles. The van der Waals surface area contributed by atoms with Crippen molar-refractivity contribution in [3.8, 4) is 22.6 Å². The van der Waals surface area contributed by atoms with Gasteiger partial charge in [-0.2, -0.15) is 5.10 Å². The second kappa shape index (κ2) is 12.4. The minimum absolute atomic E-state index is 0.141. The highest BCUT2D eigenvalue weighted by Crippen LogP contribution is 2.31. The number of halogens is 1. The molecule has 190 valence electrons. The monoisotopic (exact) mass is 561 g/mol. The van der Waals surface area contributed by atoms with Gasteiger partial charge in [-0.25, -0.2) is 9.48 Å². The number of benzene rings is 3. The predicted octanol–water partition coefficient (Wildman–Crippen LogP) is 6.43. The molecule has 0 aliphatic rings. The Bertz CT molecular complexity index is 1370. The fraction of sp³-hybridized carbons (Fsp3) is 0.207. The van der Waals surface area contributed by atoms with Crippen LogP contribution in [-0.4, -0.2) is 21.7 Å². The number of carbonyl (C=O) groups is 2. The molecule has 1 aromatic heterocycles. The van der Waals surface area contributed by atoms with Gasteiger partial charge < -0.3 is 5.32 Å². The van der Waals surface area contributed by atoms with E-state index in [2.05, 4.69) is 33.3 Å². The zero-order chi connectivity index (χ0) is 26.2. The summed E-state index contributed by atoms with van der Waals surface area (Å²) in [5, 5.41) is 7.51. The summed E-state index contributed by atoms with van der Waals surface area (Å²) < 4.78 is 2.51. The number of nitrogens with zero attached hydrogens (tertiary/aromatic N) is 2. The fourth-order valence-electron chi connectivity index (χ4n) is 3.82. The second-order valence-corrected chi connectivity index (χ2v) is 9.27. The average Bonchev–Trinajstić information content (AvgIpc) is 3.35. The van der Waals surface area contributed by atoms with Crippen molar-refractivity contribution in [2.45, 2.75) is 39.7 Å². The zero-order valence-corrected chi connectivity index (χ0v) is 22.3. The van der Waals surface area contributed by atoms with Crippen molar-refractivity contribution in [2.24, 2.45) is 0 Å². The number of carbonyl (C=O) groups excluding carboxylic acids is 2. The number of aromatic nitrogens is 2. The Morgan fingerprint density at radius 2 is 1.70 bits per heavy atom. The summed E-state index contributed by atoms with van der Waals surface area (Å²) in [6.07, 6.45) is 3.55. The Morgan fingerprint density at radius 1 is 0.973 bits per heavy atom. The third kappa shape index (κ3) is 6.46. The SMILES string of the molecule is CCCc1c(C(=O)NCc2ccc(-c3ccc(OOC(=O)CC)c(Br)c3)cc2)cnn1-c1ccccc1. The van der Waals surface area contributed by atoms with Gasteiger partial charge in [0.25, 0.3) is 5.91 Å². The Kier molecular flexibility index (Phi) is 8.74. The van der Waals surface area contributed by atoms with Gasteiger partial charge in [0.15, 0.2) is 5.75 Å². The summed E-state index contributed by atoms with van der Waals surface area (Å²) in [6.45, 7) is 4.19. The first-order valence-electron chi connectivity index (χ1n) is 12.2. The van der Waals surface area contributed by atoms with Gasteiger partial charge in [-0.3, -0.25) is 14.6 Å². The number of hydrogen-bond donors (Lipinski definition) is 1. The van der Waals surface area contributed by atoms with Crippen molar-refractivity contribution < 1.29 is 19.4 Å². The van der Waals surface area contributed by atoms with E-state index in [9.17, 15) is 9.59 Å². The third-order valence-electron chi connectivity index (χ3n) is 5.79. The molecular formula is C29H28BrN3O4. The molecule has 8 heteroatoms. The Morgan fingerprint density at radius 3 is 2.38 bits per heavy atom. The number of nitrogens with one attached hydrogen (secondary N) is 1. The molecular weight excluding hydrogens is 534 g/mol. The minimum atomic E-state index is -0.440. The van der Waals surface area contributed by atoms with Crippen LogP contribution in [0.15, 0.2) is 83.5 Å². The maximum Gasteiger partial charge on any atom is 0.355 e. The molecule has 0 saturated heterocycles. The van der Waals surface area contributed by atoms with Crippen molar-refractivity contribution in [2.75, 3.05) is 0 Å². The highest BCUT2D eigenvalue weighted by atomic mass is 79.9. The topological polar surface area (TPSA) is 82.4 Å². The molecule has 1 N–H and O–H groups in total. The van der Waals surface area contributed by atoms with Crippen LogP contribution in [0.3, 0.4) is 0 Å². The zero-order valence-electron chi connectivity index (χ0n) is 20.7. The van der Waals surface area contributed by atoms with E-state index in [0.717, 1.165) is 40.9 Å². The van der Waals surface area contributed by atoms with Gasteiger partial charge >= 0.3 is 5.97 Å². The normalized spacial score (nSPS) is 10.7. The molecule has 0 aliphatic carbocycles. The van der Waals surface area contributed by atoms with Crippen LogP contribution >= 0.6 is 15.9 Å². The van der Waals surface area contributed by atoms with Crippen LogP contribution in [0, 0.1) is 0 Å². The maximum absolute atomic E-state index is 13.0. The highest BCUT2D eigenvalue weighted by molar-refractivity contribution is 9.10.